The fourth-order valence-electron chi connectivity index (χ4n) is 4.39. The van der Waals surface area contributed by atoms with Crippen molar-refractivity contribution in [1.82, 2.24) is 9.78 Å². The first kappa shape index (κ1) is 31.4. The molecule has 0 saturated heterocycles. The second-order valence-electron chi connectivity index (χ2n) is 9.71. The summed E-state index contributed by atoms with van der Waals surface area (Å²) in [5.74, 6) is 0.359. The third-order valence-corrected chi connectivity index (χ3v) is 7.56. The number of aromatic amines is 1. The zero-order valence-electron chi connectivity index (χ0n) is 22.2. The summed E-state index contributed by atoms with van der Waals surface area (Å²) in [4.78, 5) is 24.9. The average molecular weight is 614 g/mol. The number of rotatable bonds is 16. The second kappa shape index (κ2) is 16.2. The van der Waals surface area contributed by atoms with Gasteiger partial charge in [-0.05, 0) is 36.8 Å². The average Bonchev–Trinajstić information content (AvgIpc) is 3.23. The number of H-pyrrole nitrogens is 1. The molecule has 3 aromatic rings. The van der Waals surface area contributed by atoms with Crippen LogP contribution in [0.25, 0.3) is 5.69 Å². The minimum absolute atomic E-state index is 0.0270. The maximum absolute atomic E-state index is 12.6. The van der Waals surface area contributed by atoms with Crippen molar-refractivity contribution in [3.63, 3.8) is 0 Å². The molecule has 0 aliphatic rings. The fraction of sp³-hybridized carbons (Fsp3) is 0.448. The second-order valence-corrected chi connectivity index (χ2v) is 11.4. The molecule has 0 spiro atoms. The van der Waals surface area contributed by atoms with Crippen LogP contribution >= 0.6 is 46.4 Å². The van der Waals surface area contributed by atoms with Crippen molar-refractivity contribution in [1.29, 1.82) is 0 Å². The summed E-state index contributed by atoms with van der Waals surface area (Å²) < 4.78 is 1.22. The monoisotopic (exact) mass is 612 g/mol. The summed E-state index contributed by atoms with van der Waals surface area (Å²) >= 11 is 24.9. The van der Waals surface area contributed by atoms with Crippen LogP contribution in [-0.2, 0) is 4.79 Å². The zero-order valence-corrected chi connectivity index (χ0v) is 25.2. The molecule has 1 amide bonds. The summed E-state index contributed by atoms with van der Waals surface area (Å²) in [6.45, 7) is 2.24. The molecule has 0 atom stereocenters. The molecule has 1 aromatic heterocycles. The Balaban J connectivity index is 1.44. The number of aromatic nitrogens is 2. The molecule has 3 N–H and O–H groups in total. The standard InChI is InChI=1S/C29H36Cl4N4O2/c1-2-3-4-5-6-7-8-9-10-11-12-13-27(38)34-21-14-15-25(22(31)18-21)35-26-19-28(39)37(36-26)29-23(32)16-20(30)17-24(29)33/h14-19,35-36H,2-13H2,1H3,(H,34,38). The predicted molar refractivity (Wildman–Crippen MR) is 166 cm³/mol. The van der Waals surface area contributed by atoms with Crippen molar-refractivity contribution >= 4 is 69.5 Å². The molecular weight excluding hydrogens is 578 g/mol. The van der Waals surface area contributed by atoms with E-state index in [0.717, 1.165) is 12.8 Å². The number of halogens is 4. The van der Waals surface area contributed by atoms with Gasteiger partial charge in [0.1, 0.15) is 11.5 Å². The zero-order chi connectivity index (χ0) is 28.2. The molecule has 3 rings (SSSR count). The van der Waals surface area contributed by atoms with Crippen molar-refractivity contribution in [3.05, 3.63) is 66.8 Å². The molecule has 10 heteroatoms. The molecule has 0 fully saturated rings. The van der Waals surface area contributed by atoms with E-state index in [2.05, 4.69) is 22.7 Å². The summed E-state index contributed by atoms with van der Waals surface area (Å²) in [5, 5.41) is 10.1. The van der Waals surface area contributed by atoms with Crippen LogP contribution in [-0.4, -0.2) is 15.7 Å². The largest absolute Gasteiger partial charge is 0.339 e. The van der Waals surface area contributed by atoms with Crippen molar-refractivity contribution in [3.8, 4) is 5.69 Å². The van der Waals surface area contributed by atoms with Crippen molar-refractivity contribution in [2.75, 3.05) is 10.6 Å². The molecule has 0 unspecified atom stereocenters. The van der Waals surface area contributed by atoms with Gasteiger partial charge in [-0.1, -0.05) is 118 Å². The molecule has 1 heterocycles. The molecule has 6 nitrogen and oxygen atoms in total. The van der Waals surface area contributed by atoms with Gasteiger partial charge >= 0.3 is 0 Å². The molecule has 212 valence electrons. The van der Waals surface area contributed by atoms with E-state index < -0.39 is 0 Å². The number of unbranched alkanes of at least 4 members (excludes halogenated alkanes) is 10. The number of carbonyl (C=O) groups is 1. The molecule has 0 aliphatic heterocycles. The van der Waals surface area contributed by atoms with Gasteiger partial charge in [-0.15, -0.1) is 0 Å². The lowest BCUT2D eigenvalue weighted by Gasteiger charge is -2.11. The number of hydrogen-bond donors (Lipinski definition) is 3. The Bertz CT molecular complexity index is 1270. The maximum atomic E-state index is 12.6. The number of nitrogens with one attached hydrogen (secondary N) is 3. The fourth-order valence-corrected chi connectivity index (χ4v) is 5.60. The van der Waals surface area contributed by atoms with Crippen molar-refractivity contribution in [2.45, 2.75) is 84.0 Å². The first-order chi connectivity index (χ1) is 18.8. The minimum atomic E-state index is -0.369. The number of carbonyl (C=O) groups excluding carboxylic acids is 1. The Hall–Kier alpha value is -2.12. The van der Waals surface area contributed by atoms with Crippen molar-refractivity contribution in [2.24, 2.45) is 0 Å². The number of hydrogen-bond acceptors (Lipinski definition) is 3. The lowest BCUT2D eigenvalue weighted by molar-refractivity contribution is -0.116. The predicted octanol–water partition coefficient (Wildman–Crippen LogP) is 10.2. The van der Waals surface area contributed by atoms with Crippen LogP contribution in [0, 0.1) is 0 Å². The summed E-state index contributed by atoms with van der Waals surface area (Å²) in [6.07, 6.45) is 14.2. The van der Waals surface area contributed by atoms with E-state index in [1.165, 1.54) is 80.7 Å². The van der Waals surface area contributed by atoms with E-state index in [9.17, 15) is 9.59 Å². The number of anilines is 3. The smallest absolute Gasteiger partial charge is 0.273 e. The highest BCUT2D eigenvalue weighted by Crippen LogP contribution is 2.32. The normalized spacial score (nSPS) is 11.1. The molecule has 2 aromatic carbocycles. The van der Waals surface area contributed by atoms with Gasteiger partial charge in [0.05, 0.1) is 20.8 Å². The van der Waals surface area contributed by atoms with Gasteiger partial charge in [0.25, 0.3) is 5.56 Å². The van der Waals surface area contributed by atoms with Gasteiger partial charge in [0, 0.05) is 23.2 Å². The lowest BCUT2D eigenvalue weighted by atomic mass is 10.1. The van der Waals surface area contributed by atoms with E-state index >= 15 is 0 Å². The Labute approximate surface area is 250 Å². The Morgan fingerprint density at radius 3 is 1.97 bits per heavy atom. The quantitative estimate of drug-likeness (QED) is 0.141. The summed E-state index contributed by atoms with van der Waals surface area (Å²) in [6, 6.07) is 9.54. The van der Waals surface area contributed by atoms with Crippen LogP contribution in [0.3, 0.4) is 0 Å². The molecule has 0 saturated carbocycles. The van der Waals surface area contributed by atoms with Crippen molar-refractivity contribution < 1.29 is 4.79 Å². The SMILES string of the molecule is CCCCCCCCCCCCCC(=O)Nc1ccc(Nc2cc(=O)n(-c3c(Cl)cc(Cl)cc3Cl)[nH]2)c(Cl)c1. The summed E-state index contributed by atoms with van der Waals surface area (Å²) in [7, 11) is 0. The third kappa shape index (κ3) is 10.1. The maximum Gasteiger partial charge on any atom is 0.273 e. The van der Waals surface area contributed by atoms with Crippen LogP contribution in [0.2, 0.25) is 20.1 Å². The number of nitrogens with zero attached hydrogens (tertiary/aromatic N) is 1. The van der Waals surface area contributed by atoms with Gasteiger partial charge in [-0.25, -0.2) is 4.68 Å². The lowest BCUT2D eigenvalue weighted by Crippen LogP contribution is -2.14. The first-order valence-corrected chi connectivity index (χ1v) is 15.1. The molecular formula is C29H36Cl4N4O2. The molecule has 0 aliphatic carbocycles. The molecule has 39 heavy (non-hydrogen) atoms. The Morgan fingerprint density at radius 2 is 1.38 bits per heavy atom. The van der Waals surface area contributed by atoms with Gasteiger partial charge < -0.3 is 10.6 Å². The van der Waals surface area contributed by atoms with Gasteiger partial charge in [-0.3, -0.25) is 14.7 Å². The highest BCUT2D eigenvalue weighted by Gasteiger charge is 2.15. The first-order valence-electron chi connectivity index (χ1n) is 13.6. The van der Waals surface area contributed by atoms with Crippen LogP contribution in [0.1, 0.15) is 84.0 Å². The van der Waals surface area contributed by atoms with E-state index in [1.54, 1.807) is 18.2 Å². The van der Waals surface area contributed by atoms with Crippen LogP contribution in [0.15, 0.2) is 41.2 Å². The van der Waals surface area contributed by atoms with E-state index in [-0.39, 0.29) is 21.5 Å². The highest BCUT2D eigenvalue weighted by atomic mass is 35.5. The Morgan fingerprint density at radius 1 is 0.795 bits per heavy atom. The topological polar surface area (TPSA) is 78.9 Å². The van der Waals surface area contributed by atoms with E-state index in [1.807, 2.05) is 0 Å². The highest BCUT2D eigenvalue weighted by molar-refractivity contribution is 6.40. The Kier molecular flexibility index (Phi) is 13.1. The third-order valence-electron chi connectivity index (χ3n) is 6.46. The van der Waals surface area contributed by atoms with Crippen LogP contribution < -0.4 is 16.2 Å². The van der Waals surface area contributed by atoms with Gasteiger partial charge in [0.2, 0.25) is 5.91 Å². The molecule has 0 bridgehead atoms. The number of amides is 1. The van der Waals surface area contributed by atoms with E-state index in [0.29, 0.717) is 39.3 Å². The van der Waals surface area contributed by atoms with Gasteiger partial charge in [0.15, 0.2) is 0 Å². The summed E-state index contributed by atoms with van der Waals surface area (Å²) in [5.41, 5.74) is 1.10. The van der Waals surface area contributed by atoms with E-state index in [4.69, 9.17) is 46.4 Å². The van der Waals surface area contributed by atoms with Gasteiger partial charge in [-0.2, -0.15) is 0 Å². The van der Waals surface area contributed by atoms with Crippen LogP contribution in [0.5, 0.6) is 0 Å². The molecule has 0 radical (unpaired) electrons. The van der Waals surface area contributed by atoms with Crippen LogP contribution in [0.4, 0.5) is 17.2 Å². The number of benzene rings is 2. The minimum Gasteiger partial charge on any atom is -0.339 e.